The second-order valence-corrected chi connectivity index (χ2v) is 4.72. The van der Waals surface area contributed by atoms with Gasteiger partial charge in [-0.15, -0.1) is 0 Å². The van der Waals surface area contributed by atoms with Crippen LogP contribution in [0.1, 0.15) is 24.7 Å². The third kappa shape index (κ3) is 4.28. The van der Waals surface area contributed by atoms with Crippen LogP contribution in [0.15, 0.2) is 36.8 Å². The van der Waals surface area contributed by atoms with Crippen molar-refractivity contribution < 1.29 is 0 Å². The van der Waals surface area contributed by atoms with Crippen molar-refractivity contribution in [2.24, 2.45) is 0 Å². The summed E-state index contributed by atoms with van der Waals surface area (Å²) in [6.45, 7) is 4.62. The molecule has 2 rings (SSSR count). The van der Waals surface area contributed by atoms with E-state index in [1.54, 1.807) is 18.6 Å². The van der Waals surface area contributed by atoms with Crippen molar-refractivity contribution in [2.45, 2.75) is 26.4 Å². The van der Waals surface area contributed by atoms with Crippen LogP contribution in [0.2, 0.25) is 0 Å². The first kappa shape index (κ1) is 14.4. The molecule has 0 bridgehead atoms. The van der Waals surface area contributed by atoms with Crippen molar-refractivity contribution in [3.63, 3.8) is 0 Å². The number of hydrogen-bond donors (Lipinski definition) is 1. The molecule has 5 nitrogen and oxygen atoms in total. The molecule has 20 heavy (non-hydrogen) atoms. The van der Waals surface area contributed by atoms with Gasteiger partial charge in [0.2, 0.25) is 0 Å². The van der Waals surface area contributed by atoms with E-state index in [4.69, 9.17) is 0 Å². The Kier molecular flexibility index (Phi) is 5.43. The van der Waals surface area contributed by atoms with Crippen LogP contribution in [0.5, 0.6) is 0 Å². The summed E-state index contributed by atoms with van der Waals surface area (Å²) >= 11 is 0. The van der Waals surface area contributed by atoms with Gasteiger partial charge < -0.3 is 10.2 Å². The van der Waals surface area contributed by atoms with E-state index in [1.807, 2.05) is 25.2 Å². The van der Waals surface area contributed by atoms with Gasteiger partial charge in [0.15, 0.2) is 0 Å². The second-order valence-electron chi connectivity index (χ2n) is 4.72. The number of pyridine rings is 1. The van der Waals surface area contributed by atoms with Gasteiger partial charge in [0.25, 0.3) is 0 Å². The smallest absolute Gasteiger partial charge is 0.147 e. The first-order chi connectivity index (χ1) is 9.79. The van der Waals surface area contributed by atoms with E-state index in [0.29, 0.717) is 0 Å². The van der Waals surface area contributed by atoms with Crippen molar-refractivity contribution in [1.82, 2.24) is 20.3 Å². The predicted octanol–water partition coefficient (Wildman–Crippen LogP) is 2.01. The lowest BCUT2D eigenvalue weighted by Gasteiger charge is -2.17. The monoisotopic (exact) mass is 271 g/mol. The summed E-state index contributed by atoms with van der Waals surface area (Å²) in [4.78, 5) is 15.3. The second kappa shape index (κ2) is 7.55. The minimum atomic E-state index is 0.724. The standard InChI is InChI=1S/C15H21N5/c1-3-7-16-9-14-10-17-11-15(19-14)20(2)12-13-6-4-5-8-18-13/h4-6,8,10-11,16H,3,7,9,12H2,1-2H3. The van der Waals surface area contributed by atoms with Crippen molar-refractivity contribution >= 4 is 5.82 Å². The molecule has 0 amide bonds. The SMILES string of the molecule is CCCNCc1cncc(N(C)Cc2ccccn2)n1. The average Bonchev–Trinajstić information content (AvgIpc) is 2.49. The normalized spacial score (nSPS) is 10.5. The van der Waals surface area contributed by atoms with E-state index in [1.165, 1.54) is 0 Å². The Balaban J connectivity index is 1.99. The number of nitrogens with zero attached hydrogens (tertiary/aromatic N) is 4. The van der Waals surface area contributed by atoms with E-state index in [9.17, 15) is 0 Å². The van der Waals surface area contributed by atoms with Gasteiger partial charge in [-0.25, -0.2) is 4.98 Å². The van der Waals surface area contributed by atoms with Crippen LogP contribution in [0.4, 0.5) is 5.82 Å². The minimum Gasteiger partial charge on any atom is -0.352 e. The van der Waals surface area contributed by atoms with Crippen molar-refractivity contribution in [3.8, 4) is 0 Å². The Bertz CT molecular complexity index is 515. The first-order valence-corrected chi connectivity index (χ1v) is 6.92. The Morgan fingerprint density at radius 1 is 1.20 bits per heavy atom. The lowest BCUT2D eigenvalue weighted by Crippen LogP contribution is -2.20. The van der Waals surface area contributed by atoms with Crippen molar-refractivity contribution in [1.29, 1.82) is 0 Å². The van der Waals surface area contributed by atoms with Crippen LogP contribution in [-0.2, 0) is 13.1 Å². The molecule has 2 aromatic rings. The zero-order chi connectivity index (χ0) is 14.2. The van der Waals surface area contributed by atoms with Gasteiger partial charge in [0, 0.05) is 26.0 Å². The third-order valence-corrected chi connectivity index (χ3v) is 2.92. The fraction of sp³-hybridized carbons (Fsp3) is 0.400. The molecule has 0 saturated heterocycles. The highest BCUT2D eigenvalue weighted by molar-refractivity contribution is 5.35. The van der Waals surface area contributed by atoms with Gasteiger partial charge >= 0.3 is 0 Å². The van der Waals surface area contributed by atoms with E-state index in [0.717, 1.165) is 43.3 Å². The number of nitrogens with one attached hydrogen (secondary N) is 1. The van der Waals surface area contributed by atoms with Gasteiger partial charge in [-0.2, -0.15) is 0 Å². The maximum atomic E-state index is 4.61. The molecule has 0 radical (unpaired) electrons. The van der Waals surface area contributed by atoms with Gasteiger partial charge in [-0.05, 0) is 25.1 Å². The highest BCUT2D eigenvalue weighted by Crippen LogP contribution is 2.10. The Morgan fingerprint density at radius 2 is 2.10 bits per heavy atom. The summed E-state index contributed by atoms with van der Waals surface area (Å²) in [6.07, 6.45) is 6.51. The summed E-state index contributed by atoms with van der Waals surface area (Å²) in [5, 5.41) is 3.33. The van der Waals surface area contributed by atoms with Crippen LogP contribution < -0.4 is 10.2 Å². The van der Waals surface area contributed by atoms with Gasteiger partial charge in [-0.1, -0.05) is 13.0 Å². The first-order valence-electron chi connectivity index (χ1n) is 6.92. The summed E-state index contributed by atoms with van der Waals surface area (Å²) < 4.78 is 0. The fourth-order valence-electron chi connectivity index (χ4n) is 1.87. The third-order valence-electron chi connectivity index (χ3n) is 2.92. The van der Waals surface area contributed by atoms with Crippen LogP contribution in [0.3, 0.4) is 0 Å². The zero-order valence-corrected chi connectivity index (χ0v) is 12.1. The van der Waals surface area contributed by atoms with Gasteiger partial charge in [0.1, 0.15) is 5.82 Å². The van der Waals surface area contributed by atoms with E-state index >= 15 is 0 Å². The lowest BCUT2D eigenvalue weighted by atomic mass is 10.3. The Labute approximate surface area is 120 Å². The molecule has 0 aliphatic rings. The molecule has 0 saturated carbocycles. The highest BCUT2D eigenvalue weighted by atomic mass is 15.2. The summed E-state index contributed by atoms with van der Waals surface area (Å²) in [5.41, 5.74) is 1.98. The number of aromatic nitrogens is 3. The Morgan fingerprint density at radius 3 is 2.85 bits per heavy atom. The van der Waals surface area contributed by atoms with E-state index in [-0.39, 0.29) is 0 Å². The summed E-state index contributed by atoms with van der Waals surface area (Å²) in [7, 11) is 2.00. The quantitative estimate of drug-likeness (QED) is 0.781. The molecule has 0 aliphatic heterocycles. The van der Waals surface area contributed by atoms with Crippen molar-refractivity contribution in [2.75, 3.05) is 18.5 Å². The molecular weight excluding hydrogens is 250 g/mol. The predicted molar refractivity (Wildman–Crippen MR) is 80.4 cm³/mol. The summed E-state index contributed by atoms with van der Waals surface area (Å²) in [5.74, 6) is 0.867. The van der Waals surface area contributed by atoms with Crippen LogP contribution in [0, 0.1) is 0 Å². The van der Waals surface area contributed by atoms with E-state index in [2.05, 4.69) is 32.1 Å². The molecule has 0 aliphatic carbocycles. The molecule has 5 heteroatoms. The molecule has 0 atom stereocenters. The fourth-order valence-corrected chi connectivity index (χ4v) is 1.87. The molecule has 106 valence electrons. The number of hydrogen-bond acceptors (Lipinski definition) is 5. The van der Waals surface area contributed by atoms with Crippen LogP contribution in [0.25, 0.3) is 0 Å². The van der Waals surface area contributed by atoms with Crippen molar-refractivity contribution in [3.05, 3.63) is 48.2 Å². The Hall–Kier alpha value is -2.01. The maximum Gasteiger partial charge on any atom is 0.147 e. The van der Waals surface area contributed by atoms with Crippen LogP contribution in [-0.4, -0.2) is 28.5 Å². The lowest BCUT2D eigenvalue weighted by molar-refractivity contribution is 0.660. The number of rotatable bonds is 7. The molecule has 0 unspecified atom stereocenters. The van der Waals surface area contributed by atoms with Crippen LogP contribution >= 0.6 is 0 Å². The largest absolute Gasteiger partial charge is 0.352 e. The molecule has 0 spiro atoms. The number of anilines is 1. The molecule has 2 heterocycles. The zero-order valence-electron chi connectivity index (χ0n) is 12.1. The maximum absolute atomic E-state index is 4.61. The van der Waals surface area contributed by atoms with E-state index < -0.39 is 0 Å². The van der Waals surface area contributed by atoms with Gasteiger partial charge in [0.05, 0.1) is 24.1 Å². The topological polar surface area (TPSA) is 53.9 Å². The minimum absolute atomic E-state index is 0.724. The average molecular weight is 271 g/mol. The molecular formula is C15H21N5. The van der Waals surface area contributed by atoms with Gasteiger partial charge in [-0.3, -0.25) is 9.97 Å². The molecule has 0 aromatic carbocycles. The molecule has 1 N–H and O–H groups in total. The highest BCUT2D eigenvalue weighted by Gasteiger charge is 2.06. The molecule has 2 aromatic heterocycles. The molecule has 0 fully saturated rings. The summed E-state index contributed by atoms with van der Waals surface area (Å²) in [6, 6.07) is 5.92.